The molecule has 1 heterocycles. The molecular weight excluding hydrogens is 312 g/mol. The molecule has 1 aliphatic carbocycles. The molecule has 20 heavy (non-hydrogen) atoms. The fourth-order valence-electron chi connectivity index (χ4n) is 3.72. The number of hydrogen-bond acceptors (Lipinski definition) is 2. The minimum atomic E-state index is 0.958. The third-order valence-corrected chi connectivity index (χ3v) is 5.61. The smallest absolute Gasteiger partial charge is 0.0377 e. The molecule has 3 heteroatoms. The molecule has 2 unspecified atom stereocenters. The molecule has 3 rings (SSSR count). The lowest BCUT2D eigenvalue weighted by Gasteiger charge is -2.20. The highest BCUT2D eigenvalue weighted by atomic mass is 79.9. The van der Waals surface area contributed by atoms with Gasteiger partial charge in [0.15, 0.2) is 0 Å². The third kappa shape index (κ3) is 3.04. The van der Waals surface area contributed by atoms with Gasteiger partial charge in [-0.15, -0.1) is 0 Å². The van der Waals surface area contributed by atoms with Crippen molar-refractivity contribution in [3.63, 3.8) is 0 Å². The van der Waals surface area contributed by atoms with Crippen LogP contribution in [0.5, 0.6) is 0 Å². The molecule has 2 nitrogen and oxygen atoms in total. The second-order valence-electron chi connectivity index (χ2n) is 6.31. The highest BCUT2D eigenvalue weighted by Gasteiger charge is 2.36. The number of rotatable bonds is 5. The lowest BCUT2D eigenvalue weighted by atomic mass is 10.0. The molecule has 0 bridgehead atoms. The van der Waals surface area contributed by atoms with Crippen LogP contribution >= 0.6 is 15.9 Å². The molecule has 0 amide bonds. The summed E-state index contributed by atoms with van der Waals surface area (Å²) < 4.78 is 1.25. The van der Waals surface area contributed by atoms with E-state index in [4.69, 9.17) is 0 Å². The molecule has 2 aliphatic rings. The number of anilines is 1. The number of fused-ring (bicyclic) bond motifs is 1. The molecule has 0 aromatic heterocycles. The molecule has 1 aromatic carbocycles. The maximum Gasteiger partial charge on any atom is 0.0377 e. The second kappa shape index (κ2) is 6.48. The summed E-state index contributed by atoms with van der Waals surface area (Å²) in [5, 5.41) is 3.47. The fourth-order valence-corrected chi connectivity index (χ4v) is 4.23. The molecule has 1 saturated carbocycles. The van der Waals surface area contributed by atoms with Crippen molar-refractivity contribution in [2.45, 2.75) is 39.2 Å². The van der Waals surface area contributed by atoms with E-state index in [1.165, 1.54) is 54.5 Å². The van der Waals surface area contributed by atoms with Gasteiger partial charge in [0.25, 0.3) is 0 Å². The molecule has 1 N–H and O–H groups in total. The topological polar surface area (TPSA) is 15.3 Å². The standard InChI is InChI=1S/C17H25BrN2/c1-2-8-19-10-13-6-7-16(9-17(13)18)20-11-14-4-3-5-15(14)12-20/h6-7,9,14-15,19H,2-5,8,10-12H2,1H3. The summed E-state index contributed by atoms with van der Waals surface area (Å²) in [7, 11) is 0. The monoisotopic (exact) mass is 336 g/mol. The van der Waals surface area contributed by atoms with E-state index in [0.29, 0.717) is 0 Å². The van der Waals surface area contributed by atoms with Crippen LogP contribution in [0.2, 0.25) is 0 Å². The quantitative estimate of drug-likeness (QED) is 0.811. The van der Waals surface area contributed by atoms with Crippen LogP contribution in [0.25, 0.3) is 0 Å². The van der Waals surface area contributed by atoms with E-state index in [0.717, 1.165) is 24.9 Å². The molecule has 0 spiro atoms. The number of halogens is 1. The van der Waals surface area contributed by atoms with Crippen molar-refractivity contribution >= 4 is 21.6 Å². The van der Waals surface area contributed by atoms with Crippen molar-refractivity contribution in [3.05, 3.63) is 28.2 Å². The summed E-state index contributed by atoms with van der Waals surface area (Å²) in [5.74, 6) is 1.92. The first-order valence-electron chi connectivity index (χ1n) is 8.02. The Balaban J connectivity index is 1.65. The van der Waals surface area contributed by atoms with E-state index in [1.807, 2.05) is 0 Å². The lowest BCUT2D eigenvalue weighted by molar-refractivity contribution is 0.494. The normalized spacial score (nSPS) is 25.2. The first-order valence-corrected chi connectivity index (χ1v) is 8.81. The predicted octanol–water partition coefficient (Wildman–Crippen LogP) is 4.19. The van der Waals surface area contributed by atoms with E-state index in [2.05, 4.69) is 51.3 Å². The summed E-state index contributed by atoms with van der Waals surface area (Å²) in [6.07, 6.45) is 5.53. The van der Waals surface area contributed by atoms with Gasteiger partial charge < -0.3 is 10.2 Å². The Morgan fingerprint density at radius 3 is 2.65 bits per heavy atom. The number of benzene rings is 1. The van der Waals surface area contributed by atoms with Crippen LogP contribution in [0.3, 0.4) is 0 Å². The molecule has 0 radical (unpaired) electrons. The highest BCUT2D eigenvalue weighted by Crippen LogP contribution is 2.40. The van der Waals surface area contributed by atoms with Crippen molar-refractivity contribution < 1.29 is 0 Å². The van der Waals surface area contributed by atoms with E-state index >= 15 is 0 Å². The minimum absolute atomic E-state index is 0.958. The molecule has 110 valence electrons. The molecular formula is C17H25BrN2. The van der Waals surface area contributed by atoms with E-state index in [9.17, 15) is 0 Å². The molecule has 1 aromatic rings. The number of nitrogens with zero attached hydrogens (tertiary/aromatic N) is 1. The summed E-state index contributed by atoms with van der Waals surface area (Å²) in [5.41, 5.74) is 2.76. The Hall–Kier alpha value is -0.540. The Morgan fingerprint density at radius 1 is 1.25 bits per heavy atom. The van der Waals surface area contributed by atoms with E-state index in [1.54, 1.807) is 0 Å². The van der Waals surface area contributed by atoms with Crippen molar-refractivity contribution in [2.24, 2.45) is 11.8 Å². The van der Waals surface area contributed by atoms with Crippen LogP contribution in [0.15, 0.2) is 22.7 Å². The van der Waals surface area contributed by atoms with Gasteiger partial charge in [-0.1, -0.05) is 35.3 Å². The van der Waals surface area contributed by atoms with Gasteiger partial charge in [0.1, 0.15) is 0 Å². The van der Waals surface area contributed by atoms with Crippen LogP contribution in [0.1, 0.15) is 38.2 Å². The maximum atomic E-state index is 3.74. The molecule has 2 atom stereocenters. The van der Waals surface area contributed by atoms with Gasteiger partial charge in [-0.25, -0.2) is 0 Å². The van der Waals surface area contributed by atoms with Crippen LogP contribution in [0, 0.1) is 11.8 Å². The Labute approximate surface area is 131 Å². The van der Waals surface area contributed by atoms with Gasteiger partial charge in [0, 0.05) is 29.8 Å². The maximum absolute atomic E-state index is 3.74. The minimum Gasteiger partial charge on any atom is -0.371 e. The van der Waals surface area contributed by atoms with Gasteiger partial charge >= 0.3 is 0 Å². The van der Waals surface area contributed by atoms with Gasteiger partial charge in [-0.3, -0.25) is 0 Å². The Morgan fingerprint density at radius 2 is 2.00 bits per heavy atom. The summed E-state index contributed by atoms with van der Waals surface area (Å²) >= 11 is 3.74. The second-order valence-corrected chi connectivity index (χ2v) is 7.16. The average Bonchev–Trinajstić information content (AvgIpc) is 3.01. The van der Waals surface area contributed by atoms with Crippen LogP contribution in [-0.4, -0.2) is 19.6 Å². The summed E-state index contributed by atoms with van der Waals surface area (Å²) in [4.78, 5) is 2.59. The zero-order valence-corrected chi connectivity index (χ0v) is 14.0. The van der Waals surface area contributed by atoms with Crippen molar-refractivity contribution in [1.82, 2.24) is 5.32 Å². The first kappa shape index (κ1) is 14.4. The molecule has 1 saturated heterocycles. The first-order chi connectivity index (χ1) is 9.78. The van der Waals surface area contributed by atoms with E-state index < -0.39 is 0 Å². The van der Waals surface area contributed by atoms with Gasteiger partial charge in [0.05, 0.1) is 0 Å². The van der Waals surface area contributed by atoms with Crippen LogP contribution in [-0.2, 0) is 6.54 Å². The van der Waals surface area contributed by atoms with Crippen LogP contribution < -0.4 is 10.2 Å². The van der Waals surface area contributed by atoms with Crippen molar-refractivity contribution in [3.8, 4) is 0 Å². The Bertz CT molecular complexity index is 448. The SMILES string of the molecule is CCCNCc1ccc(N2CC3CCCC3C2)cc1Br. The van der Waals surface area contributed by atoms with Crippen LogP contribution in [0.4, 0.5) is 5.69 Å². The zero-order chi connectivity index (χ0) is 13.9. The highest BCUT2D eigenvalue weighted by molar-refractivity contribution is 9.10. The zero-order valence-electron chi connectivity index (χ0n) is 12.4. The third-order valence-electron chi connectivity index (χ3n) is 4.87. The van der Waals surface area contributed by atoms with Gasteiger partial charge in [-0.2, -0.15) is 0 Å². The fraction of sp³-hybridized carbons (Fsp3) is 0.647. The number of nitrogens with one attached hydrogen (secondary N) is 1. The molecule has 1 aliphatic heterocycles. The lowest BCUT2D eigenvalue weighted by Crippen LogP contribution is -2.21. The summed E-state index contributed by atoms with van der Waals surface area (Å²) in [6.45, 7) is 6.79. The molecule has 2 fully saturated rings. The van der Waals surface area contributed by atoms with E-state index in [-0.39, 0.29) is 0 Å². The van der Waals surface area contributed by atoms with Gasteiger partial charge in [-0.05, 0) is 55.3 Å². The largest absolute Gasteiger partial charge is 0.371 e. The predicted molar refractivity (Wildman–Crippen MR) is 89.2 cm³/mol. The number of hydrogen-bond donors (Lipinski definition) is 1. The van der Waals surface area contributed by atoms with Gasteiger partial charge in [0.2, 0.25) is 0 Å². The Kier molecular flexibility index (Phi) is 4.67. The average molecular weight is 337 g/mol. The summed E-state index contributed by atoms with van der Waals surface area (Å²) in [6, 6.07) is 6.88. The van der Waals surface area contributed by atoms with Crippen molar-refractivity contribution in [2.75, 3.05) is 24.5 Å². The van der Waals surface area contributed by atoms with Crippen molar-refractivity contribution in [1.29, 1.82) is 0 Å².